The molecule has 0 saturated carbocycles. The van der Waals surface area contributed by atoms with E-state index in [4.69, 9.17) is 0 Å². The first-order valence-electron chi connectivity index (χ1n) is 5.87. The zero-order valence-electron chi connectivity index (χ0n) is 10.4. The molecular formula is C11H18N4OS. The maximum absolute atomic E-state index is 12.4. The van der Waals surface area contributed by atoms with E-state index in [1.807, 2.05) is 6.92 Å². The van der Waals surface area contributed by atoms with Crippen molar-refractivity contribution in [3.05, 3.63) is 5.82 Å². The van der Waals surface area contributed by atoms with Gasteiger partial charge < -0.3 is 10.6 Å². The van der Waals surface area contributed by atoms with Crippen LogP contribution in [0.3, 0.4) is 0 Å². The smallest absolute Gasteiger partial charge is 0.234 e. The van der Waals surface area contributed by atoms with Crippen molar-refractivity contribution in [3.8, 4) is 0 Å². The van der Waals surface area contributed by atoms with E-state index in [2.05, 4.69) is 33.8 Å². The third kappa shape index (κ3) is 2.32. The Morgan fingerprint density at radius 1 is 1.59 bits per heavy atom. The molecule has 1 atom stereocenters. The maximum atomic E-state index is 12.4. The number of rotatable bonds is 3. The Kier molecular flexibility index (Phi) is 3.44. The van der Waals surface area contributed by atoms with Gasteiger partial charge in [-0.25, -0.2) is 4.98 Å². The number of carbonyl (C=O) groups excluding carboxylic acids is 1. The van der Waals surface area contributed by atoms with E-state index in [-0.39, 0.29) is 11.3 Å². The molecule has 1 aromatic rings. The fourth-order valence-electron chi connectivity index (χ4n) is 2.23. The van der Waals surface area contributed by atoms with E-state index in [0.29, 0.717) is 16.9 Å². The first-order chi connectivity index (χ1) is 8.04. The molecule has 0 aromatic carbocycles. The predicted octanol–water partition coefficient (Wildman–Crippen LogP) is 1.42. The third-order valence-corrected chi connectivity index (χ3v) is 4.22. The van der Waals surface area contributed by atoms with Gasteiger partial charge in [-0.2, -0.15) is 4.37 Å². The quantitative estimate of drug-likeness (QED) is 0.856. The highest BCUT2D eigenvalue weighted by atomic mass is 32.1. The second kappa shape index (κ2) is 4.70. The molecule has 1 amide bonds. The summed E-state index contributed by atoms with van der Waals surface area (Å²) in [7, 11) is 0. The molecule has 6 heteroatoms. The molecule has 2 rings (SSSR count). The molecule has 1 unspecified atom stereocenters. The van der Waals surface area contributed by atoms with Crippen molar-refractivity contribution in [1.29, 1.82) is 0 Å². The highest BCUT2D eigenvalue weighted by molar-refractivity contribution is 7.09. The second-order valence-electron chi connectivity index (χ2n) is 4.84. The Bertz CT molecular complexity index is 409. The second-order valence-corrected chi connectivity index (χ2v) is 5.59. The van der Waals surface area contributed by atoms with Gasteiger partial charge >= 0.3 is 0 Å². The van der Waals surface area contributed by atoms with Crippen LogP contribution in [0.15, 0.2) is 0 Å². The Balaban J connectivity index is 2.12. The Labute approximate surface area is 105 Å². The summed E-state index contributed by atoms with van der Waals surface area (Å²) in [5.41, 5.74) is -0.306. The molecular weight excluding hydrogens is 236 g/mol. The van der Waals surface area contributed by atoms with Crippen LogP contribution in [0.2, 0.25) is 0 Å². The zero-order chi connectivity index (χ0) is 12.5. The van der Waals surface area contributed by atoms with Crippen LogP contribution in [-0.4, -0.2) is 28.4 Å². The van der Waals surface area contributed by atoms with Crippen LogP contribution in [0.4, 0.5) is 5.13 Å². The van der Waals surface area contributed by atoms with Gasteiger partial charge in [0.1, 0.15) is 5.82 Å². The predicted molar refractivity (Wildman–Crippen MR) is 68.0 cm³/mol. The zero-order valence-corrected chi connectivity index (χ0v) is 11.2. The number of nitrogens with zero attached hydrogens (tertiary/aromatic N) is 2. The minimum atomic E-state index is -0.306. The molecule has 5 nitrogen and oxygen atoms in total. The molecule has 1 fully saturated rings. The Hall–Kier alpha value is -1.01. The van der Waals surface area contributed by atoms with E-state index in [0.717, 1.165) is 19.5 Å². The molecule has 0 bridgehead atoms. The van der Waals surface area contributed by atoms with E-state index in [1.165, 1.54) is 11.5 Å². The Morgan fingerprint density at radius 2 is 2.35 bits per heavy atom. The standard InChI is InChI=1S/C11H18N4OS/c1-7(2)11(4-5-12-6-11)9(16)14-10-13-8(3)15-17-10/h7,12H,4-6H2,1-3H3,(H,13,14,15,16). The van der Waals surface area contributed by atoms with Gasteiger partial charge in [-0.15, -0.1) is 0 Å². The molecule has 1 aliphatic heterocycles. The SMILES string of the molecule is Cc1nsc(NC(=O)C2(C(C)C)CCNC2)n1. The van der Waals surface area contributed by atoms with Gasteiger partial charge in [0.05, 0.1) is 5.41 Å². The molecule has 17 heavy (non-hydrogen) atoms. The molecule has 1 saturated heterocycles. The first kappa shape index (κ1) is 12.4. The van der Waals surface area contributed by atoms with Gasteiger partial charge in [0.2, 0.25) is 11.0 Å². The van der Waals surface area contributed by atoms with Crippen molar-refractivity contribution >= 4 is 22.6 Å². The minimum absolute atomic E-state index is 0.0636. The van der Waals surface area contributed by atoms with E-state index < -0.39 is 0 Å². The lowest BCUT2D eigenvalue weighted by Crippen LogP contribution is -2.42. The van der Waals surface area contributed by atoms with Gasteiger partial charge in [0, 0.05) is 18.1 Å². The van der Waals surface area contributed by atoms with Crippen molar-refractivity contribution < 1.29 is 4.79 Å². The fourth-order valence-corrected chi connectivity index (χ4v) is 2.80. The summed E-state index contributed by atoms with van der Waals surface area (Å²) in [4.78, 5) is 16.5. The average Bonchev–Trinajstić information content (AvgIpc) is 2.87. The van der Waals surface area contributed by atoms with Crippen LogP contribution in [0.1, 0.15) is 26.1 Å². The summed E-state index contributed by atoms with van der Waals surface area (Å²) in [6, 6.07) is 0. The number of nitrogens with one attached hydrogen (secondary N) is 2. The van der Waals surface area contributed by atoms with Crippen LogP contribution in [0.25, 0.3) is 0 Å². The number of hydrogen-bond acceptors (Lipinski definition) is 5. The van der Waals surface area contributed by atoms with Crippen molar-refractivity contribution in [2.45, 2.75) is 27.2 Å². The highest BCUT2D eigenvalue weighted by Crippen LogP contribution is 2.35. The van der Waals surface area contributed by atoms with Gasteiger partial charge in [-0.05, 0) is 25.8 Å². The molecule has 0 radical (unpaired) electrons. The van der Waals surface area contributed by atoms with Crippen LogP contribution < -0.4 is 10.6 Å². The van der Waals surface area contributed by atoms with Gasteiger partial charge in [0.15, 0.2) is 0 Å². The van der Waals surface area contributed by atoms with E-state index in [1.54, 1.807) is 0 Å². The molecule has 0 aliphatic carbocycles. The normalized spacial score (nSPS) is 24.2. The number of amides is 1. The topological polar surface area (TPSA) is 66.9 Å². The van der Waals surface area contributed by atoms with Crippen molar-refractivity contribution in [2.24, 2.45) is 11.3 Å². The summed E-state index contributed by atoms with van der Waals surface area (Å²) in [5.74, 6) is 1.08. The largest absolute Gasteiger partial charge is 0.316 e. The first-order valence-corrected chi connectivity index (χ1v) is 6.64. The highest BCUT2D eigenvalue weighted by Gasteiger charge is 2.44. The molecule has 94 valence electrons. The molecule has 2 N–H and O–H groups in total. The number of carbonyl (C=O) groups is 1. The lowest BCUT2D eigenvalue weighted by molar-refractivity contribution is -0.126. The van der Waals surface area contributed by atoms with Gasteiger partial charge in [-0.3, -0.25) is 4.79 Å². The number of hydrogen-bond donors (Lipinski definition) is 2. The molecule has 1 aliphatic rings. The summed E-state index contributed by atoms with van der Waals surface area (Å²) >= 11 is 1.23. The maximum Gasteiger partial charge on any atom is 0.234 e. The average molecular weight is 254 g/mol. The van der Waals surface area contributed by atoms with Crippen LogP contribution in [0, 0.1) is 18.3 Å². The minimum Gasteiger partial charge on any atom is -0.316 e. The molecule has 0 spiro atoms. The number of aromatic nitrogens is 2. The van der Waals surface area contributed by atoms with Gasteiger partial charge in [0.25, 0.3) is 0 Å². The van der Waals surface area contributed by atoms with Crippen molar-refractivity contribution in [3.63, 3.8) is 0 Å². The summed E-state index contributed by atoms with van der Waals surface area (Å²) in [5, 5.41) is 6.76. The number of aryl methyl sites for hydroxylation is 1. The van der Waals surface area contributed by atoms with Gasteiger partial charge in [-0.1, -0.05) is 13.8 Å². The Morgan fingerprint density at radius 3 is 2.82 bits per heavy atom. The van der Waals surface area contributed by atoms with Crippen LogP contribution >= 0.6 is 11.5 Å². The molecule has 1 aromatic heterocycles. The van der Waals surface area contributed by atoms with E-state index >= 15 is 0 Å². The molecule has 2 heterocycles. The number of anilines is 1. The monoisotopic (exact) mass is 254 g/mol. The van der Waals surface area contributed by atoms with E-state index in [9.17, 15) is 4.79 Å². The third-order valence-electron chi connectivity index (χ3n) is 3.49. The summed E-state index contributed by atoms with van der Waals surface area (Å²) in [6.45, 7) is 7.66. The summed E-state index contributed by atoms with van der Waals surface area (Å²) in [6.07, 6.45) is 0.883. The van der Waals surface area contributed by atoms with Crippen LogP contribution in [-0.2, 0) is 4.79 Å². The fraction of sp³-hybridized carbons (Fsp3) is 0.727. The lowest BCUT2D eigenvalue weighted by atomic mass is 9.75. The summed E-state index contributed by atoms with van der Waals surface area (Å²) < 4.78 is 4.06. The van der Waals surface area contributed by atoms with Crippen molar-refractivity contribution in [2.75, 3.05) is 18.4 Å². The van der Waals surface area contributed by atoms with Crippen molar-refractivity contribution in [1.82, 2.24) is 14.7 Å². The lowest BCUT2D eigenvalue weighted by Gasteiger charge is -2.30. The van der Waals surface area contributed by atoms with Crippen LogP contribution in [0.5, 0.6) is 0 Å².